The maximum atomic E-state index is 12.3. The number of methoxy groups -OCH3 is 1. The number of carbonyl (C=O) groups is 1. The predicted octanol–water partition coefficient (Wildman–Crippen LogP) is 3.19. The van der Waals surface area contributed by atoms with Gasteiger partial charge in [0.2, 0.25) is 5.91 Å². The van der Waals surface area contributed by atoms with E-state index in [1.165, 1.54) is 38.5 Å². The molecule has 1 aromatic carbocycles. The van der Waals surface area contributed by atoms with Gasteiger partial charge in [0.05, 0.1) is 19.3 Å². The van der Waals surface area contributed by atoms with Gasteiger partial charge >= 0.3 is 0 Å². The van der Waals surface area contributed by atoms with Gasteiger partial charge in [0.1, 0.15) is 5.75 Å². The normalized spacial score (nSPS) is 34.4. The molecule has 0 aliphatic heterocycles. The standard InChI is InChI=1S/C19H26N2O2/c1-23-17-5-3-2-4-16(17)21-18(22)12-20-19-9-13-6-14(10-19)8-15(7-13)11-19/h2-5,13-15,20H,6-12H2,1H3,(H,21,22). The van der Waals surface area contributed by atoms with Gasteiger partial charge in [-0.05, 0) is 68.4 Å². The molecule has 1 amide bonds. The Bertz CT molecular complexity index is 564. The molecule has 124 valence electrons. The van der Waals surface area contributed by atoms with E-state index in [2.05, 4.69) is 10.6 Å². The van der Waals surface area contributed by atoms with Gasteiger partial charge in [-0.15, -0.1) is 0 Å². The van der Waals surface area contributed by atoms with Gasteiger partial charge in [-0.1, -0.05) is 12.1 Å². The van der Waals surface area contributed by atoms with Crippen LogP contribution in [0.25, 0.3) is 0 Å². The van der Waals surface area contributed by atoms with Crippen molar-refractivity contribution in [1.82, 2.24) is 5.32 Å². The fraction of sp³-hybridized carbons (Fsp3) is 0.632. The third-order valence-electron chi connectivity index (χ3n) is 6.04. The van der Waals surface area contributed by atoms with E-state index in [1.807, 2.05) is 24.3 Å². The summed E-state index contributed by atoms with van der Waals surface area (Å²) in [6.07, 6.45) is 8.07. The smallest absolute Gasteiger partial charge is 0.238 e. The Balaban J connectivity index is 1.37. The minimum absolute atomic E-state index is 0.0187. The molecule has 0 unspecified atom stereocenters. The molecule has 4 saturated carbocycles. The highest BCUT2D eigenvalue weighted by Crippen LogP contribution is 2.55. The number of amides is 1. The van der Waals surface area contributed by atoms with E-state index in [9.17, 15) is 4.79 Å². The van der Waals surface area contributed by atoms with Crippen LogP contribution in [0.3, 0.4) is 0 Å². The molecule has 4 aliphatic carbocycles. The predicted molar refractivity (Wildman–Crippen MR) is 90.5 cm³/mol. The minimum atomic E-state index is 0.0187. The summed E-state index contributed by atoms with van der Waals surface area (Å²) in [5.74, 6) is 3.41. The van der Waals surface area contributed by atoms with E-state index in [0.717, 1.165) is 23.4 Å². The summed E-state index contributed by atoms with van der Waals surface area (Å²) in [4.78, 5) is 12.3. The minimum Gasteiger partial charge on any atom is -0.495 e. The van der Waals surface area contributed by atoms with Crippen LogP contribution in [0.4, 0.5) is 5.69 Å². The van der Waals surface area contributed by atoms with Gasteiger partial charge in [-0.25, -0.2) is 0 Å². The second kappa shape index (κ2) is 5.82. The van der Waals surface area contributed by atoms with Crippen molar-refractivity contribution >= 4 is 11.6 Å². The van der Waals surface area contributed by atoms with E-state index in [0.29, 0.717) is 12.3 Å². The van der Waals surface area contributed by atoms with Crippen LogP contribution in [-0.2, 0) is 4.79 Å². The van der Waals surface area contributed by atoms with Crippen LogP contribution in [0, 0.1) is 17.8 Å². The molecule has 4 aliphatic rings. The van der Waals surface area contributed by atoms with Gasteiger partial charge in [-0.2, -0.15) is 0 Å². The van der Waals surface area contributed by atoms with Crippen LogP contribution < -0.4 is 15.4 Å². The highest BCUT2D eigenvalue weighted by atomic mass is 16.5. The average Bonchev–Trinajstić information content (AvgIpc) is 2.52. The monoisotopic (exact) mass is 314 g/mol. The average molecular weight is 314 g/mol. The zero-order chi connectivity index (χ0) is 15.9. The van der Waals surface area contributed by atoms with Gasteiger partial charge in [0, 0.05) is 5.54 Å². The Kier molecular flexibility index (Phi) is 3.80. The molecule has 23 heavy (non-hydrogen) atoms. The van der Waals surface area contributed by atoms with Crippen LogP contribution in [0.2, 0.25) is 0 Å². The first-order chi connectivity index (χ1) is 11.2. The summed E-state index contributed by atoms with van der Waals surface area (Å²) in [6.45, 7) is 0.393. The quantitative estimate of drug-likeness (QED) is 0.877. The Labute approximate surface area is 138 Å². The number of carbonyl (C=O) groups excluding carboxylic acids is 1. The van der Waals surface area contributed by atoms with Crippen LogP contribution in [0.5, 0.6) is 5.75 Å². The van der Waals surface area contributed by atoms with Crippen LogP contribution in [-0.4, -0.2) is 25.1 Å². The highest BCUT2D eigenvalue weighted by Gasteiger charge is 2.50. The number of anilines is 1. The summed E-state index contributed by atoms with van der Waals surface area (Å²) in [6, 6.07) is 7.55. The maximum Gasteiger partial charge on any atom is 0.238 e. The van der Waals surface area contributed by atoms with E-state index in [-0.39, 0.29) is 11.4 Å². The zero-order valence-corrected chi connectivity index (χ0v) is 13.8. The highest BCUT2D eigenvalue weighted by molar-refractivity contribution is 5.93. The lowest BCUT2D eigenvalue weighted by Crippen LogP contribution is -2.59. The molecule has 4 nitrogen and oxygen atoms in total. The van der Waals surface area contributed by atoms with Crippen molar-refractivity contribution in [2.75, 3.05) is 19.0 Å². The van der Waals surface area contributed by atoms with Crippen molar-refractivity contribution in [1.29, 1.82) is 0 Å². The van der Waals surface area contributed by atoms with Crippen molar-refractivity contribution in [3.63, 3.8) is 0 Å². The maximum absolute atomic E-state index is 12.3. The Morgan fingerprint density at radius 1 is 1.13 bits per heavy atom. The second-order valence-corrected chi connectivity index (χ2v) is 7.80. The fourth-order valence-corrected chi connectivity index (χ4v) is 5.54. The van der Waals surface area contributed by atoms with Crippen molar-refractivity contribution in [2.24, 2.45) is 17.8 Å². The number of ether oxygens (including phenoxy) is 1. The molecule has 4 fully saturated rings. The van der Waals surface area contributed by atoms with E-state index in [4.69, 9.17) is 4.74 Å². The molecule has 0 radical (unpaired) electrons. The molecular weight excluding hydrogens is 288 g/mol. The largest absolute Gasteiger partial charge is 0.495 e. The number of nitrogens with one attached hydrogen (secondary N) is 2. The van der Waals surface area contributed by atoms with Crippen molar-refractivity contribution in [3.05, 3.63) is 24.3 Å². The molecule has 0 heterocycles. The number of benzene rings is 1. The zero-order valence-electron chi connectivity index (χ0n) is 13.8. The van der Waals surface area contributed by atoms with Crippen molar-refractivity contribution in [2.45, 2.75) is 44.1 Å². The SMILES string of the molecule is COc1ccccc1NC(=O)CNC12CC3CC(CC(C3)C1)C2. The summed E-state index contributed by atoms with van der Waals surface area (Å²) in [5.41, 5.74) is 0.972. The lowest BCUT2D eigenvalue weighted by atomic mass is 9.53. The molecular formula is C19H26N2O2. The third-order valence-corrected chi connectivity index (χ3v) is 6.04. The fourth-order valence-electron chi connectivity index (χ4n) is 5.54. The topological polar surface area (TPSA) is 50.4 Å². The molecule has 0 aromatic heterocycles. The van der Waals surface area contributed by atoms with E-state index in [1.54, 1.807) is 7.11 Å². The van der Waals surface area contributed by atoms with Crippen LogP contribution >= 0.6 is 0 Å². The Morgan fingerprint density at radius 3 is 2.35 bits per heavy atom. The first kappa shape index (κ1) is 15.0. The first-order valence-corrected chi connectivity index (χ1v) is 8.84. The van der Waals surface area contributed by atoms with Crippen molar-refractivity contribution < 1.29 is 9.53 Å². The van der Waals surface area contributed by atoms with Crippen LogP contribution in [0.1, 0.15) is 38.5 Å². The summed E-state index contributed by atoms with van der Waals surface area (Å²) in [5, 5.41) is 6.60. The molecule has 0 atom stereocenters. The second-order valence-electron chi connectivity index (χ2n) is 7.80. The molecule has 1 aromatic rings. The van der Waals surface area contributed by atoms with Crippen LogP contribution in [0.15, 0.2) is 24.3 Å². The van der Waals surface area contributed by atoms with Gasteiger partial charge < -0.3 is 15.4 Å². The van der Waals surface area contributed by atoms with Gasteiger partial charge in [-0.3, -0.25) is 4.79 Å². The third kappa shape index (κ3) is 2.97. The molecule has 4 bridgehead atoms. The molecule has 5 rings (SSSR count). The lowest BCUT2D eigenvalue weighted by molar-refractivity contribution is -0.116. The number of hydrogen-bond donors (Lipinski definition) is 2. The summed E-state index contributed by atoms with van der Waals surface area (Å²) >= 11 is 0. The van der Waals surface area contributed by atoms with Gasteiger partial charge in [0.25, 0.3) is 0 Å². The van der Waals surface area contributed by atoms with E-state index >= 15 is 0 Å². The molecule has 0 saturated heterocycles. The van der Waals surface area contributed by atoms with Gasteiger partial charge in [0.15, 0.2) is 0 Å². The Hall–Kier alpha value is -1.55. The molecule has 0 spiro atoms. The summed E-state index contributed by atoms with van der Waals surface area (Å²) < 4.78 is 5.29. The number of rotatable bonds is 5. The lowest BCUT2D eigenvalue weighted by Gasteiger charge is -2.57. The Morgan fingerprint density at radius 2 is 1.74 bits per heavy atom. The number of para-hydroxylation sites is 2. The van der Waals surface area contributed by atoms with Crippen molar-refractivity contribution in [3.8, 4) is 5.75 Å². The number of hydrogen-bond acceptors (Lipinski definition) is 3. The molecule has 2 N–H and O–H groups in total. The molecule has 4 heteroatoms. The first-order valence-electron chi connectivity index (χ1n) is 8.84. The van der Waals surface area contributed by atoms with E-state index < -0.39 is 0 Å². The summed E-state index contributed by atoms with van der Waals surface area (Å²) in [7, 11) is 1.62.